The van der Waals surface area contributed by atoms with Crippen LogP contribution in [0.2, 0.25) is 0 Å². The first-order valence-corrected chi connectivity index (χ1v) is 8.18. The highest BCUT2D eigenvalue weighted by molar-refractivity contribution is 7.11. The van der Waals surface area contributed by atoms with Crippen LogP contribution in [0.4, 0.5) is 4.39 Å². The highest BCUT2D eigenvalue weighted by Gasteiger charge is 2.11. The fourth-order valence-corrected chi connectivity index (χ4v) is 3.08. The van der Waals surface area contributed by atoms with Gasteiger partial charge in [-0.25, -0.2) is 4.39 Å². The van der Waals surface area contributed by atoms with E-state index in [0.29, 0.717) is 17.9 Å². The second kappa shape index (κ2) is 7.57. The van der Waals surface area contributed by atoms with Gasteiger partial charge in [-0.05, 0) is 38.1 Å². The molecule has 2 aromatic rings. The van der Waals surface area contributed by atoms with Crippen LogP contribution in [0.1, 0.15) is 42.1 Å². The Kier molecular flexibility index (Phi) is 5.76. The van der Waals surface area contributed by atoms with Crippen molar-refractivity contribution in [1.82, 2.24) is 5.32 Å². The molecule has 1 N–H and O–H groups in total. The van der Waals surface area contributed by atoms with E-state index in [1.165, 1.54) is 10.9 Å². The van der Waals surface area contributed by atoms with Gasteiger partial charge in [-0.1, -0.05) is 19.9 Å². The number of hydrogen-bond donors (Lipinski definition) is 1. The molecule has 1 aromatic carbocycles. The summed E-state index contributed by atoms with van der Waals surface area (Å²) in [5.41, 5.74) is 0.675. The van der Waals surface area contributed by atoms with Gasteiger partial charge < -0.3 is 10.1 Å². The van der Waals surface area contributed by atoms with E-state index in [4.69, 9.17) is 4.74 Å². The zero-order chi connectivity index (χ0) is 15.2. The number of halogens is 1. The van der Waals surface area contributed by atoms with Gasteiger partial charge in [0.05, 0.1) is 0 Å². The lowest BCUT2D eigenvalue weighted by Crippen LogP contribution is -2.18. The number of nitrogens with one attached hydrogen (secondary N) is 1. The van der Waals surface area contributed by atoms with Crippen LogP contribution in [0.15, 0.2) is 30.3 Å². The first-order valence-electron chi connectivity index (χ1n) is 7.37. The van der Waals surface area contributed by atoms with E-state index in [-0.39, 0.29) is 11.9 Å². The summed E-state index contributed by atoms with van der Waals surface area (Å²) in [6.07, 6.45) is 1.04. The minimum absolute atomic E-state index is 0.00783. The number of thiophene rings is 1. The maximum atomic E-state index is 14.1. The monoisotopic (exact) mass is 307 g/mol. The highest BCUT2D eigenvalue weighted by Crippen LogP contribution is 2.24. The van der Waals surface area contributed by atoms with Crippen molar-refractivity contribution in [2.24, 2.45) is 0 Å². The Morgan fingerprint density at radius 3 is 2.57 bits per heavy atom. The lowest BCUT2D eigenvalue weighted by Gasteiger charge is -2.14. The Morgan fingerprint density at radius 1 is 1.19 bits per heavy atom. The molecule has 1 heterocycles. The highest BCUT2D eigenvalue weighted by atomic mass is 32.1. The van der Waals surface area contributed by atoms with Crippen molar-refractivity contribution in [2.75, 3.05) is 6.54 Å². The van der Waals surface area contributed by atoms with Gasteiger partial charge in [-0.15, -0.1) is 11.3 Å². The normalized spacial score (nSPS) is 12.4. The minimum atomic E-state index is -0.221. The molecule has 4 heteroatoms. The van der Waals surface area contributed by atoms with Gasteiger partial charge >= 0.3 is 0 Å². The summed E-state index contributed by atoms with van der Waals surface area (Å²) in [5, 5.41) is 3.21. The predicted molar refractivity (Wildman–Crippen MR) is 86.5 cm³/mol. The summed E-state index contributed by atoms with van der Waals surface area (Å²) >= 11 is 1.74. The number of aryl methyl sites for hydroxylation is 1. The van der Waals surface area contributed by atoms with Gasteiger partial charge in [0.1, 0.15) is 18.2 Å². The summed E-state index contributed by atoms with van der Waals surface area (Å²) < 4.78 is 19.8. The summed E-state index contributed by atoms with van der Waals surface area (Å²) in [6.45, 7) is 7.41. The summed E-state index contributed by atoms with van der Waals surface area (Å²) in [4.78, 5) is 2.51. The third kappa shape index (κ3) is 4.29. The molecule has 0 spiro atoms. The van der Waals surface area contributed by atoms with Crippen molar-refractivity contribution in [3.05, 3.63) is 51.5 Å². The van der Waals surface area contributed by atoms with E-state index >= 15 is 0 Å². The maximum Gasteiger partial charge on any atom is 0.131 e. The molecule has 21 heavy (non-hydrogen) atoms. The molecule has 1 aromatic heterocycles. The maximum absolute atomic E-state index is 14.1. The van der Waals surface area contributed by atoms with Crippen LogP contribution in [-0.2, 0) is 13.0 Å². The molecule has 2 rings (SSSR count). The molecule has 0 bridgehead atoms. The lowest BCUT2D eigenvalue weighted by molar-refractivity contribution is 0.307. The van der Waals surface area contributed by atoms with Crippen LogP contribution in [0.3, 0.4) is 0 Å². The molecule has 1 atom stereocenters. The standard InChI is InChI=1S/C17H22FNOS/c1-4-14-7-8-15(21-14)11-20-13-6-9-16(17(18)10-13)12(3)19-5-2/h6-10,12,19H,4-5,11H2,1-3H3. The van der Waals surface area contributed by atoms with E-state index in [1.54, 1.807) is 17.4 Å². The lowest BCUT2D eigenvalue weighted by atomic mass is 10.1. The van der Waals surface area contributed by atoms with E-state index in [0.717, 1.165) is 17.8 Å². The number of ether oxygens (including phenoxy) is 1. The van der Waals surface area contributed by atoms with Crippen LogP contribution in [0.5, 0.6) is 5.75 Å². The largest absolute Gasteiger partial charge is 0.488 e. The molecule has 0 saturated heterocycles. The van der Waals surface area contributed by atoms with Crippen LogP contribution in [-0.4, -0.2) is 6.54 Å². The fraction of sp³-hybridized carbons (Fsp3) is 0.412. The Hall–Kier alpha value is -1.39. The van der Waals surface area contributed by atoms with Crippen molar-refractivity contribution < 1.29 is 9.13 Å². The quantitative estimate of drug-likeness (QED) is 0.800. The molecule has 0 radical (unpaired) electrons. The molecular formula is C17H22FNOS. The molecular weight excluding hydrogens is 285 g/mol. The van der Waals surface area contributed by atoms with Gasteiger partial charge in [0.2, 0.25) is 0 Å². The first kappa shape index (κ1) is 16.0. The van der Waals surface area contributed by atoms with E-state index in [2.05, 4.69) is 24.4 Å². The van der Waals surface area contributed by atoms with Crippen molar-refractivity contribution in [3.8, 4) is 5.75 Å². The van der Waals surface area contributed by atoms with Crippen LogP contribution in [0.25, 0.3) is 0 Å². The minimum Gasteiger partial charge on any atom is -0.488 e. The van der Waals surface area contributed by atoms with Crippen molar-refractivity contribution >= 4 is 11.3 Å². The molecule has 0 amide bonds. The van der Waals surface area contributed by atoms with Gasteiger partial charge in [0, 0.05) is 27.4 Å². The summed E-state index contributed by atoms with van der Waals surface area (Å²) in [6, 6.07) is 9.29. The predicted octanol–water partition coefficient (Wildman–Crippen LogP) is 4.70. The second-order valence-electron chi connectivity index (χ2n) is 4.97. The number of benzene rings is 1. The van der Waals surface area contributed by atoms with Crippen LogP contribution < -0.4 is 10.1 Å². The molecule has 0 aliphatic carbocycles. The SMILES string of the molecule is CCNC(C)c1ccc(OCc2ccc(CC)s2)cc1F. The third-order valence-electron chi connectivity index (χ3n) is 3.40. The average molecular weight is 307 g/mol. The van der Waals surface area contributed by atoms with E-state index in [1.807, 2.05) is 19.9 Å². The smallest absolute Gasteiger partial charge is 0.131 e. The van der Waals surface area contributed by atoms with E-state index < -0.39 is 0 Å². The van der Waals surface area contributed by atoms with Crippen LogP contribution >= 0.6 is 11.3 Å². The van der Waals surface area contributed by atoms with E-state index in [9.17, 15) is 4.39 Å². The Morgan fingerprint density at radius 2 is 1.95 bits per heavy atom. The van der Waals surface area contributed by atoms with Gasteiger partial charge in [-0.2, -0.15) is 0 Å². The Balaban J connectivity index is 1.99. The van der Waals surface area contributed by atoms with Crippen molar-refractivity contribution in [1.29, 1.82) is 0 Å². The van der Waals surface area contributed by atoms with Gasteiger partial charge in [0.15, 0.2) is 0 Å². The molecule has 0 fully saturated rings. The summed E-state index contributed by atoms with van der Waals surface area (Å²) in [5.74, 6) is 0.354. The zero-order valence-electron chi connectivity index (χ0n) is 12.8. The number of rotatable bonds is 7. The number of hydrogen-bond acceptors (Lipinski definition) is 3. The topological polar surface area (TPSA) is 21.3 Å². The van der Waals surface area contributed by atoms with Crippen LogP contribution in [0, 0.1) is 5.82 Å². The zero-order valence-corrected chi connectivity index (χ0v) is 13.6. The molecule has 0 aliphatic heterocycles. The van der Waals surface area contributed by atoms with Crippen molar-refractivity contribution in [3.63, 3.8) is 0 Å². The second-order valence-corrected chi connectivity index (χ2v) is 6.23. The molecule has 0 saturated carbocycles. The fourth-order valence-electron chi connectivity index (χ4n) is 2.21. The Labute approximate surface area is 130 Å². The Bertz CT molecular complexity index is 582. The van der Waals surface area contributed by atoms with Gasteiger partial charge in [0.25, 0.3) is 0 Å². The van der Waals surface area contributed by atoms with Gasteiger partial charge in [-0.3, -0.25) is 0 Å². The average Bonchev–Trinajstić information content (AvgIpc) is 2.93. The molecule has 1 unspecified atom stereocenters. The molecule has 2 nitrogen and oxygen atoms in total. The van der Waals surface area contributed by atoms with Crippen molar-refractivity contribution in [2.45, 2.75) is 39.8 Å². The first-order chi connectivity index (χ1) is 10.1. The summed E-state index contributed by atoms with van der Waals surface area (Å²) in [7, 11) is 0. The molecule has 114 valence electrons. The molecule has 0 aliphatic rings. The third-order valence-corrected chi connectivity index (χ3v) is 4.60.